The van der Waals surface area contributed by atoms with Gasteiger partial charge in [-0.2, -0.15) is 0 Å². The van der Waals surface area contributed by atoms with Crippen molar-refractivity contribution in [3.8, 4) is 0 Å². The Morgan fingerprint density at radius 3 is 2.57 bits per heavy atom. The molecule has 0 saturated carbocycles. The molecule has 116 valence electrons. The van der Waals surface area contributed by atoms with Crippen LogP contribution in [0.3, 0.4) is 0 Å². The predicted octanol–water partition coefficient (Wildman–Crippen LogP) is 1.06. The summed E-state index contributed by atoms with van der Waals surface area (Å²) in [4.78, 5) is 25.6. The Hall–Kier alpha value is -2.08. The molecule has 1 amide bonds. The van der Waals surface area contributed by atoms with E-state index in [-0.39, 0.29) is 5.91 Å². The highest BCUT2D eigenvalue weighted by Crippen LogP contribution is 2.21. The van der Waals surface area contributed by atoms with E-state index in [9.17, 15) is 9.59 Å². The van der Waals surface area contributed by atoms with Crippen LogP contribution in [0.2, 0.25) is 0 Å². The first-order chi connectivity index (χ1) is 10.0. The van der Waals surface area contributed by atoms with Crippen molar-refractivity contribution in [3.63, 3.8) is 0 Å². The number of esters is 1. The number of ether oxygens (including phenoxy) is 2. The molecule has 6 nitrogen and oxygen atoms in total. The Morgan fingerprint density at radius 2 is 1.95 bits per heavy atom. The number of nitrogens with one attached hydrogen (secondary N) is 1. The fraction of sp³-hybridized carbons (Fsp3) is 0.467. The van der Waals surface area contributed by atoms with E-state index in [0.29, 0.717) is 24.4 Å². The van der Waals surface area contributed by atoms with Gasteiger partial charge in [-0.15, -0.1) is 0 Å². The monoisotopic (exact) mass is 294 g/mol. The molecule has 21 heavy (non-hydrogen) atoms. The van der Waals surface area contributed by atoms with Crippen LogP contribution in [0.15, 0.2) is 24.3 Å². The van der Waals surface area contributed by atoms with Crippen molar-refractivity contribution in [3.05, 3.63) is 29.8 Å². The van der Waals surface area contributed by atoms with Crippen LogP contribution in [0.4, 0.5) is 5.69 Å². The number of methoxy groups -OCH3 is 2. The highest BCUT2D eigenvalue weighted by molar-refractivity contribution is 5.97. The molecule has 1 aromatic carbocycles. The van der Waals surface area contributed by atoms with Gasteiger partial charge in [-0.1, -0.05) is 12.1 Å². The Labute approximate surface area is 125 Å². The van der Waals surface area contributed by atoms with Crippen molar-refractivity contribution in [2.45, 2.75) is 13.0 Å². The summed E-state index contributed by atoms with van der Waals surface area (Å²) in [6.45, 7) is 2.68. The highest BCUT2D eigenvalue weighted by Gasteiger charge is 2.22. The van der Waals surface area contributed by atoms with Crippen LogP contribution in [-0.4, -0.2) is 52.3 Å². The van der Waals surface area contributed by atoms with E-state index < -0.39 is 12.0 Å². The van der Waals surface area contributed by atoms with Gasteiger partial charge in [0.1, 0.15) is 6.04 Å². The number of anilines is 1. The lowest BCUT2D eigenvalue weighted by Crippen LogP contribution is -2.44. The molecule has 1 aromatic rings. The predicted molar refractivity (Wildman–Crippen MR) is 80.5 cm³/mol. The fourth-order valence-electron chi connectivity index (χ4n) is 1.87. The van der Waals surface area contributed by atoms with Gasteiger partial charge >= 0.3 is 5.97 Å². The number of nitrogens with zero attached hydrogens (tertiary/aromatic N) is 1. The number of hydrogen-bond donors (Lipinski definition) is 1. The van der Waals surface area contributed by atoms with Crippen LogP contribution in [0.25, 0.3) is 0 Å². The third-order valence-electron chi connectivity index (χ3n) is 3.26. The maximum absolute atomic E-state index is 12.1. The van der Waals surface area contributed by atoms with Crippen LogP contribution >= 0.6 is 0 Å². The van der Waals surface area contributed by atoms with Crippen molar-refractivity contribution in [1.82, 2.24) is 5.32 Å². The lowest BCUT2D eigenvalue weighted by molar-refractivity contribution is -0.122. The smallest absolute Gasteiger partial charge is 0.339 e. The minimum atomic E-state index is -0.426. The van der Waals surface area contributed by atoms with E-state index in [1.807, 2.05) is 6.07 Å². The van der Waals surface area contributed by atoms with Gasteiger partial charge in [0.05, 0.1) is 25.0 Å². The topological polar surface area (TPSA) is 67.9 Å². The SMILES string of the molecule is COCCNC(=O)C(C)N(C)c1ccccc1C(=O)OC. The van der Waals surface area contributed by atoms with E-state index in [1.165, 1.54) is 7.11 Å². The van der Waals surface area contributed by atoms with Crippen molar-refractivity contribution < 1.29 is 19.1 Å². The molecule has 1 unspecified atom stereocenters. The van der Waals surface area contributed by atoms with E-state index in [4.69, 9.17) is 9.47 Å². The van der Waals surface area contributed by atoms with Crippen LogP contribution in [0.5, 0.6) is 0 Å². The van der Waals surface area contributed by atoms with E-state index in [2.05, 4.69) is 5.32 Å². The Bertz CT molecular complexity index is 490. The molecule has 0 fully saturated rings. The Morgan fingerprint density at radius 1 is 1.29 bits per heavy atom. The van der Waals surface area contributed by atoms with Crippen LogP contribution in [0.1, 0.15) is 17.3 Å². The van der Waals surface area contributed by atoms with Crippen molar-refractivity contribution in [2.24, 2.45) is 0 Å². The molecule has 6 heteroatoms. The summed E-state index contributed by atoms with van der Waals surface area (Å²) in [5.74, 6) is -0.557. The number of carbonyl (C=O) groups is 2. The van der Waals surface area contributed by atoms with Crippen molar-refractivity contribution >= 4 is 17.6 Å². The van der Waals surface area contributed by atoms with Gasteiger partial charge in [0, 0.05) is 20.7 Å². The second-order valence-electron chi connectivity index (χ2n) is 4.58. The van der Waals surface area contributed by atoms with Gasteiger partial charge in [-0.3, -0.25) is 4.79 Å². The van der Waals surface area contributed by atoms with Gasteiger partial charge in [-0.25, -0.2) is 4.79 Å². The van der Waals surface area contributed by atoms with Gasteiger partial charge < -0.3 is 19.7 Å². The third kappa shape index (κ3) is 4.46. The second-order valence-corrected chi connectivity index (χ2v) is 4.58. The molecule has 0 aliphatic rings. The summed E-state index contributed by atoms with van der Waals surface area (Å²) in [5, 5.41) is 2.77. The molecule has 0 aromatic heterocycles. The largest absolute Gasteiger partial charge is 0.465 e. The van der Waals surface area contributed by atoms with Crippen LogP contribution in [0, 0.1) is 0 Å². The third-order valence-corrected chi connectivity index (χ3v) is 3.26. The number of likely N-dealkylation sites (N-methyl/N-ethyl adjacent to an activating group) is 1. The van der Waals surface area contributed by atoms with Crippen LogP contribution < -0.4 is 10.2 Å². The number of para-hydroxylation sites is 1. The summed E-state index contributed by atoms with van der Waals surface area (Å²) < 4.78 is 9.66. The Balaban J connectivity index is 2.85. The zero-order valence-corrected chi connectivity index (χ0v) is 12.9. The summed E-state index contributed by atoms with van der Waals surface area (Å²) in [5.41, 5.74) is 1.08. The molecule has 0 bridgehead atoms. The lowest BCUT2D eigenvalue weighted by Gasteiger charge is -2.27. The average Bonchev–Trinajstić information content (AvgIpc) is 2.52. The minimum Gasteiger partial charge on any atom is -0.465 e. The Kier molecular flexibility index (Phi) is 6.68. The fourth-order valence-corrected chi connectivity index (χ4v) is 1.87. The number of hydrogen-bond acceptors (Lipinski definition) is 5. The molecule has 1 N–H and O–H groups in total. The maximum Gasteiger partial charge on any atom is 0.339 e. The quantitative estimate of drug-likeness (QED) is 0.601. The summed E-state index contributed by atoms with van der Waals surface area (Å²) in [7, 11) is 4.68. The summed E-state index contributed by atoms with van der Waals surface area (Å²) in [6, 6.07) is 6.60. The molecule has 0 aliphatic carbocycles. The molecule has 0 radical (unpaired) electrons. The number of carbonyl (C=O) groups excluding carboxylic acids is 2. The maximum atomic E-state index is 12.1. The molecule has 1 rings (SSSR count). The van der Waals surface area contributed by atoms with Crippen molar-refractivity contribution in [2.75, 3.05) is 39.3 Å². The number of amides is 1. The van der Waals surface area contributed by atoms with E-state index >= 15 is 0 Å². The summed E-state index contributed by atoms with van der Waals surface area (Å²) in [6.07, 6.45) is 0. The minimum absolute atomic E-state index is 0.130. The van der Waals surface area contributed by atoms with Gasteiger partial charge in [-0.05, 0) is 19.1 Å². The molecule has 0 aliphatic heterocycles. The van der Waals surface area contributed by atoms with Crippen LogP contribution in [-0.2, 0) is 14.3 Å². The number of benzene rings is 1. The van der Waals surface area contributed by atoms with E-state index in [1.54, 1.807) is 44.2 Å². The second kappa shape index (κ2) is 8.26. The number of rotatable bonds is 7. The average molecular weight is 294 g/mol. The van der Waals surface area contributed by atoms with Gasteiger partial charge in [0.15, 0.2) is 0 Å². The molecule has 0 saturated heterocycles. The highest BCUT2D eigenvalue weighted by atomic mass is 16.5. The van der Waals surface area contributed by atoms with Gasteiger partial charge in [0.25, 0.3) is 0 Å². The zero-order valence-electron chi connectivity index (χ0n) is 12.9. The standard InChI is InChI=1S/C15H22N2O4/c1-11(14(18)16-9-10-20-3)17(2)13-8-6-5-7-12(13)15(19)21-4/h5-8,11H,9-10H2,1-4H3,(H,16,18). The normalized spacial score (nSPS) is 11.6. The first kappa shape index (κ1) is 17.0. The molecule has 1 atom stereocenters. The lowest BCUT2D eigenvalue weighted by atomic mass is 10.1. The van der Waals surface area contributed by atoms with E-state index in [0.717, 1.165) is 0 Å². The molecule has 0 spiro atoms. The molecular formula is C15H22N2O4. The van der Waals surface area contributed by atoms with Crippen molar-refractivity contribution in [1.29, 1.82) is 0 Å². The summed E-state index contributed by atoms with van der Waals surface area (Å²) >= 11 is 0. The molecular weight excluding hydrogens is 272 g/mol. The van der Waals surface area contributed by atoms with Gasteiger partial charge in [0.2, 0.25) is 5.91 Å². The molecule has 0 heterocycles. The first-order valence-corrected chi connectivity index (χ1v) is 6.69. The first-order valence-electron chi connectivity index (χ1n) is 6.69. The zero-order chi connectivity index (χ0) is 15.8.